The van der Waals surface area contributed by atoms with Gasteiger partial charge in [0.2, 0.25) is 5.91 Å². The fourth-order valence-electron chi connectivity index (χ4n) is 2.48. The monoisotopic (exact) mass is 262 g/mol. The number of hydrogen-bond acceptors (Lipinski definition) is 3. The number of rotatable bonds is 6. The maximum Gasteiger partial charge on any atom is 0.231 e. The number of anilines is 1. The van der Waals surface area contributed by atoms with E-state index in [9.17, 15) is 4.79 Å². The van der Waals surface area contributed by atoms with Gasteiger partial charge in [0.15, 0.2) is 0 Å². The third-order valence-corrected chi connectivity index (χ3v) is 3.99. The number of aliphatic hydroxyl groups excluding tert-OH is 1. The molecule has 0 aromatic heterocycles. The van der Waals surface area contributed by atoms with Gasteiger partial charge in [0.1, 0.15) is 0 Å². The van der Waals surface area contributed by atoms with Crippen molar-refractivity contribution in [3.05, 3.63) is 29.8 Å². The third kappa shape index (κ3) is 3.14. The van der Waals surface area contributed by atoms with Crippen molar-refractivity contribution in [2.75, 3.05) is 18.5 Å². The van der Waals surface area contributed by atoms with Crippen LogP contribution in [0.2, 0.25) is 0 Å². The molecule has 0 aliphatic heterocycles. The maximum absolute atomic E-state index is 12.2. The van der Waals surface area contributed by atoms with E-state index in [1.165, 1.54) is 0 Å². The molecule has 1 aromatic carbocycles. The Morgan fingerprint density at radius 3 is 2.79 bits per heavy atom. The third-order valence-electron chi connectivity index (χ3n) is 3.99. The van der Waals surface area contributed by atoms with Gasteiger partial charge in [-0.2, -0.15) is 0 Å². The molecule has 0 saturated heterocycles. The van der Waals surface area contributed by atoms with Gasteiger partial charge in [0.05, 0.1) is 5.41 Å². The lowest BCUT2D eigenvalue weighted by Crippen LogP contribution is -2.47. The largest absolute Gasteiger partial charge is 0.396 e. The molecular formula is C15H22N2O2. The van der Waals surface area contributed by atoms with E-state index in [-0.39, 0.29) is 17.9 Å². The van der Waals surface area contributed by atoms with Crippen molar-refractivity contribution in [1.82, 2.24) is 0 Å². The molecule has 0 unspecified atom stereocenters. The molecule has 4 heteroatoms. The topological polar surface area (TPSA) is 75.4 Å². The molecule has 2 rings (SSSR count). The summed E-state index contributed by atoms with van der Waals surface area (Å²) in [6.07, 6.45) is 4.42. The van der Waals surface area contributed by atoms with Crippen molar-refractivity contribution in [2.45, 2.75) is 32.1 Å². The molecule has 0 bridgehead atoms. The number of carbonyl (C=O) groups is 1. The molecule has 1 fully saturated rings. The molecule has 1 aliphatic rings. The van der Waals surface area contributed by atoms with Crippen LogP contribution in [-0.4, -0.2) is 24.2 Å². The Morgan fingerprint density at radius 2 is 2.21 bits per heavy atom. The highest BCUT2D eigenvalue weighted by Gasteiger charge is 2.42. The number of benzene rings is 1. The lowest BCUT2D eigenvalue weighted by atomic mass is 9.68. The Bertz CT molecular complexity index is 436. The average molecular weight is 262 g/mol. The van der Waals surface area contributed by atoms with Crippen LogP contribution in [0.5, 0.6) is 0 Å². The fourth-order valence-corrected chi connectivity index (χ4v) is 2.48. The van der Waals surface area contributed by atoms with Crippen molar-refractivity contribution in [2.24, 2.45) is 11.1 Å². The van der Waals surface area contributed by atoms with Crippen molar-refractivity contribution < 1.29 is 9.90 Å². The van der Waals surface area contributed by atoms with Crippen LogP contribution in [-0.2, 0) is 11.2 Å². The summed E-state index contributed by atoms with van der Waals surface area (Å²) >= 11 is 0. The zero-order valence-corrected chi connectivity index (χ0v) is 11.2. The molecule has 1 aliphatic carbocycles. The van der Waals surface area contributed by atoms with E-state index in [1.807, 2.05) is 24.3 Å². The number of aliphatic hydroxyl groups is 1. The molecule has 104 valence electrons. The van der Waals surface area contributed by atoms with Gasteiger partial charge >= 0.3 is 0 Å². The Hall–Kier alpha value is -1.39. The lowest BCUT2D eigenvalue weighted by Gasteiger charge is -2.39. The van der Waals surface area contributed by atoms with Crippen LogP contribution in [0, 0.1) is 5.41 Å². The van der Waals surface area contributed by atoms with E-state index in [1.54, 1.807) is 0 Å². The lowest BCUT2D eigenvalue weighted by molar-refractivity contribution is -0.129. The molecule has 19 heavy (non-hydrogen) atoms. The number of nitrogens with two attached hydrogens (primary N) is 1. The number of amides is 1. The second-order valence-corrected chi connectivity index (χ2v) is 5.32. The molecular weight excluding hydrogens is 240 g/mol. The van der Waals surface area contributed by atoms with Gasteiger partial charge in [0.25, 0.3) is 0 Å². The Balaban J connectivity index is 2.00. The average Bonchev–Trinajstić information content (AvgIpc) is 2.36. The van der Waals surface area contributed by atoms with Gasteiger partial charge in [-0.05, 0) is 43.4 Å². The Labute approximate surface area is 114 Å². The first-order valence-electron chi connectivity index (χ1n) is 6.91. The summed E-state index contributed by atoms with van der Waals surface area (Å²) < 4.78 is 0. The second-order valence-electron chi connectivity index (χ2n) is 5.32. The van der Waals surface area contributed by atoms with Crippen molar-refractivity contribution in [3.63, 3.8) is 0 Å². The summed E-state index contributed by atoms with van der Waals surface area (Å²) in [6.45, 7) is 0.607. The van der Waals surface area contributed by atoms with Crippen LogP contribution < -0.4 is 11.1 Å². The van der Waals surface area contributed by atoms with E-state index < -0.39 is 0 Å². The van der Waals surface area contributed by atoms with Crippen LogP contribution >= 0.6 is 0 Å². The van der Waals surface area contributed by atoms with Gasteiger partial charge in [0, 0.05) is 18.8 Å². The minimum atomic E-state index is -0.346. The van der Waals surface area contributed by atoms with Gasteiger partial charge in [-0.3, -0.25) is 4.79 Å². The molecule has 4 N–H and O–H groups in total. The number of carbonyl (C=O) groups excluding carboxylic acids is 1. The molecule has 0 atom stereocenters. The van der Waals surface area contributed by atoms with Gasteiger partial charge in [-0.15, -0.1) is 0 Å². The highest BCUT2D eigenvalue weighted by molar-refractivity contribution is 5.96. The zero-order chi connectivity index (χ0) is 13.7. The summed E-state index contributed by atoms with van der Waals surface area (Å²) in [5, 5.41) is 11.8. The fraction of sp³-hybridized carbons (Fsp3) is 0.533. The van der Waals surface area contributed by atoms with Crippen molar-refractivity contribution in [3.8, 4) is 0 Å². The zero-order valence-electron chi connectivity index (χ0n) is 11.2. The maximum atomic E-state index is 12.2. The summed E-state index contributed by atoms with van der Waals surface area (Å²) in [7, 11) is 0. The van der Waals surface area contributed by atoms with Gasteiger partial charge in [-0.25, -0.2) is 0 Å². The van der Waals surface area contributed by atoms with E-state index in [4.69, 9.17) is 10.8 Å². The molecule has 1 amide bonds. The minimum absolute atomic E-state index is 0.0422. The number of nitrogens with one attached hydrogen (secondary N) is 1. The van der Waals surface area contributed by atoms with Gasteiger partial charge in [-0.1, -0.05) is 18.6 Å². The van der Waals surface area contributed by atoms with Gasteiger partial charge < -0.3 is 16.2 Å². The van der Waals surface area contributed by atoms with Crippen LogP contribution in [0.25, 0.3) is 0 Å². The SMILES string of the molecule is NCC1(C(=O)Nc2cccc(CCCO)c2)CCC1. The second kappa shape index (κ2) is 6.17. The molecule has 0 radical (unpaired) electrons. The first-order valence-corrected chi connectivity index (χ1v) is 6.91. The predicted molar refractivity (Wildman–Crippen MR) is 75.8 cm³/mol. The Kier molecular flexibility index (Phi) is 4.56. The predicted octanol–water partition coefficient (Wildman–Crippen LogP) is 1.68. The molecule has 0 spiro atoms. The van der Waals surface area contributed by atoms with Crippen LogP contribution in [0.1, 0.15) is 31.2 Å². The summed E-state index contributed by atoms with van der Waals surface area (Å²) in [5.74, 6) is 0.0422. The van der Waals surface area contributed by atoms with Crippen LogP contribution in [0.15, 0.2) is 24.3 Å². The summed E-state index contributed by atoms with van der Waals surface area (Å²) in [6, 6.07) is 7.80. The number of hydrogen-bond donors (Lipinski definition) is 3. The quantitative estimate of drug-likeness (QED) is 0.730. The first kappa shape index (κ1) is 14.0. The summed E-state index contributed by atoms with van der Waals surface area (Å²) in [4.78, 5) is 12.2. The van der Waals surface area contributed by atoms with Crippen molar-refractivity contribution >= 4 is 11.6 Å². The van der Waals surface area contributed by atoms with E-state index in [2.05, 4.69) is 5.32 Å². The van der Waals surface area contributed by atoms with E-state index >= 15 is 0 Å². The normalized spacial score (nSPS) is 16.7. The highest BCUT2D eigenvalue weighted by Crippen LogP contribution is 2.40. The minimum Gasteiger partial charge on any atom is -0.396 e. The molecule has 1 saturated carbocycles. The first-order chi connectivity index (χ1) is 9.20. The van der Waals surface area contributed by atoms with E-state index in [0.29, 0.717) is 6.54 Å². The Morgan fingerprint density at radius 1 is 1.42 bits per heavy atom. The number of aryl methyl sites for hydroxylation is 1. The molecule has 4 nitrogen and oxygen atoms in total. The smallest absolute Gasteiger partial charge is 0.231 e. The standard InChI is InChI=1S/C15H22N2O2/c16-11-15(7-3-8-15)14(19)17-13-6-1-4-12(10-13)5-2-9-18/h1,4,6,10,18H,2-3,5,7-9,11,16H2,(H,17,19). The van der Waals surface area contributed by atoms with Crippen LogP contribution in [0.4, 0.5) is 5.69 Å². The van der Waals surface area contributed by atoms with Crippen molar-refractivity contribution in [1.29, 1.82) is 0 Å². The molecule has 0 heterocycles. The highest BCUT2D eigenvalue weighted by atomic mass is 16.2. The molecule has 1 aromatic rings. The van der Waals surface area contributed by atoms with Crippen LogP contribution in [0.3, 0.4) is 0 Å². The van der Waals surface area contributed by atoms with E-state index in [0.717, 1.165) is 43.4 Å². The summed E-state index contributed by atoms with van der Waals surface area (Å²) in [5.41, 5.74) is 7.33.